The number of benzene rings is 2. The maximum Gasteiger partial charge on any atom is 0.249 e. The van der Waals surface area contributed by atoms with Gasteiger partial charge >= 0.3 is 0 Å². The molecule has 0 spiro atoms. The van der Waals surface area contributed by atoms with Crippen LogP contribution in [-0.4, -0.2) is 50.2 Å². The third kappa shape index (κ3) is 7.88. The van der Waals surface area contributed by atoms with Crippen molar-refractivity contribution in [3.05, 3.63) is 33.2 Å². The molecule has 8 nitrogen and oxygen atoms in total. The first-order chi connectivity index (χ1) is 15.7. The summed E-state index contributed by atoms with van der Waals surface area (Å²) in [6.07, 6.45) is 0. The Morgan fingerprint density at radius 2 is 1.27 bits per heavy atom. The van der Waals surface area contributed by atoms with Gasteiger partial charge in [0.1, 0.15) is 27.2 Å². The van der Waals surface area contributed by atoms with Gasteiger partial charge in [-0.05, 0) is 31.9 Å². The lowest BCUT2D eigenvalue weighted by Gasteiger charge is -2.15. The number of nitrogens with one attached hydrogen (secondary N) is 2. The normalized spacial score (nSPS) is 11.4. The Morgan fingerprint density at radius 3 is 1.73 bits per heavy atom. The van der Waals surface area contributed by atoms with Gasteiger partial charge in [-0.2, -0.15) is 0 Å². The van der Waals surface area contributed by atoms with Crippen molar-refractivity contribution in [2.24, 2.45) is 0 Å². The van der Waals surface area contributed by atoms with Gasteiger partial charge in [-0.15, -0.1) is 0 Å². The number of carbonyl (C=O) groups is 2. The van der Waals surface area contributed by atoms with Crippen molar-refractivity contribution in [1.29, 1.82) is 0 Å². The number of hydrogen-bond acceptors (Lipinski definition) is 8. The van der Waals surface area contributed by atoms with Crippen molar-refractivity contribution in [1.82, 2.24) is 0 Å². The van der Waals surface area contributed by atoms with E-state index in [1.165, 1.54) is 50.0 Å². The van der Waals surface area contributed by atoms with E-state index in [1.807, 2.05) is 0 Å². The van der Waals surface area contributed by atoms with Gasteiger partial charge in [-0.1, -0.05) is 37.5 Å². The van der Waals surface area contributed by atoms with Crippen LogP contribution in [0.4, 0.5) is 11.4 Å². The van der Waals surface area contributed by atoms with E-state index in [1.54, 1.807) is 24.3 Å². The van der Waals surface area contributed by atoms with Gasteiger partial charge < -0.3 is 29.6 Å². The molecule has 1 atom stereocenters. The summed E-state index contributed by atoms with van der Waals surface area (Å²) in [6.45, 7) is 0. The molecule has 0 aromatic heterocycles. The van der Waals surface area contributed by atoms with E-state index in [0.717, 1.165) is 0 Å². The topological polar surface area (TPSA) is 95.1 Å². The first kappa shape index (κ1) is 28.0. The van der Waals surface area contributed by atoms with Crippen LogP contribution < -0.4 is 29.6 Å². The molecule has 13 heteroatoms. The molecule has 2 rings (SSSR count). The molecule has 0 bridgehead atoms. The van der Waals surface area contributed by atoms with Crippen LogP contribution >= 0.6 is 69.4 Å². The summed E-state index contributed by atoms with van der Waals surface area (Å²) in [5.41, 5.74) is 0.948. The van der Waals surface area contributed by atoms with E-state index >= 15 is 0 Å². The molecule has 0 radical (unpaired) electrons. The number of hydrogen-bond donors (Lipinski definition) is 2. The lowest BCUT2D eigenvalue weighted by molar-refractivity contribution is -0.115. The highest BCUT2D eigenvalue weighted by Gasteiger charge is 2.20. The van der Waals surface area contributed by atoms with Crippen LogP contribution in [0.2, 0.25) is 0 Å². The Bertz CT molecular complexity index is 1010. The van der Waals surface area contributed by atoms with Gasteiger partial charge in [0.25, 0.3) is 0 Å². The zero-order valence-corrected chi connectivity index (χ0v) is 24.4. The molecule has 33 heavy (non-hydrogen) atoms. The van der Waals surface area contributed by atoms with Crippen LogP contribution in [0.5, 0.6) is 23.0 Å². The molecule has 180 valence electrons. The standard InChI is InChI=1S/C20H21Br3N2O6S2/c1-28-14-7-12(16(30-3)5-10(14)21)24-18(26)9-32-33-19(23)20(27)25-13-8-15(29-2)11(22)6-17(13)31-4/h5-8,19H,9H2,1-4H3,(H,24,26)(H,25,27). The Kier molecular flexibility index (Phi) is 11.5. The largest absolute Gasteiger partial charge is 0.495 e. The smallest absolute Gasteiger partial charge is 0.249 e. The first-order valence-corrected chi connectivity index (χ1v) is 14.0. The Balaban J connectivity index is 1.92. The van der Waals surface area contributed by atoms with E-state index in [0.29, 0.717) is 43.3 Å². The molecule has 0 saturated carbocycles. The van der Waals surface area contributed by atoms with Crippen molar-refractivity contribution in [2.75, 3.05) is 44.8 Å². The second-order valence-corrected chi connectivity index (χ2v) is 11.8. The van der Waals surface area contributed by atoms with Crippen molar-refractivity contribution in [3.8, 4) is 23.0 Å². The number of rotatable bonds is 11. The number of halogens is 3. The fraction of sp³-hybridized carbons (Fsp3) is 0.300. The molecule has 0 aliphatic rings. The summed E-state index contributed by atoms with van der Waals surface area (Å²) in [5.74, 6) is 1.62. The zero-order chi connectivity index (χ0) is 24.5. The van der Waals surface area contributed by atoms with Crippen LogP contribution in [0.3, 0.4) is 0 Å². The van der Waals surface area contributed by atoms with E-state index in [9.17, 15) is 9.59 Å². The summed E-state index contributed by atoms with van der Waals surface area (Å²) in [5, 5.41) is 5.58. The fourth-order valence-electron chi connectivity index (χ4n) is 2.48. The molecule has 2 aromatic carbocycles. The maximum absolute atomic E-state index is 12.6. The second-order valence-electron chi connectivity index (χ2n) is 6.09. The zero-order valence-electron chi connectivity index (χ0n) is 18.0. The monoisotopic (exact) mass is 686 g/mol. The molecule has 0 heterocycles. The Labute approximate surface area is 225 Å². The van der Waals surface area contributed by atoms with Crippen LogP contribution in [0, 0.1) is 0 Å². The van der Waals surface area contributed by atoms with Crippen molar-refractivity contribution in [3.63, 3.8) is 0 Å². The summed E-state index contributed by atoms with van der Waals surface area (Å²) < 4.78 is 21.9. The van der Waals surface area contributed by atoms with E-state index in [4.69, 9.17) is 18.9 Å². The molecule has 2 N–H and O–H groups in total. The van der Waals surface area contributed by atoms with Gasteiger partial charge in [0.05, 0.1) is 54.5 Å². The minimum atomic E-state index is -0.614. The highest BCUT2D eigenvalue weighted by molar-refractivity contribution is 9.13. The highest BCUT2D eigenvalue weighted by Crippen LogP contribution is 2.38. The maximum atomic E-state index is 12.6. The average molecular weight is 689 g/mol. The predicted octanol–water partition coefficient (Wildman–Crippen LogP) is 5.93. The molecule has 1 unspecified atom stereocenters. The summed E-state index contributed by atoms with van der Waals surface area (Å²) in [4.78, 5) is 25.0. The van der Waals surface area contributed by atoms with Crippen LogP contribution in [0.1, 0.15) is 0 Å². The van der Waals surface area contributed by atoms with Gasteiger partial charge in [0, 0.05) is 24.3 Å². The Morgan fingerprint density at radius 1 is 0.818 bits per heavy atom. The molecule has 0 fully saturated rings. The Hall–Kier alpha value is -1.28. The SMILES string of the molecule is COc1cc(NC(=O)CSSC(Br)C(=O)Nc2cc(OC)c(Br)cc2OC)c(OC)cc1Br. The predicted molar refractivity (Wildman–Crippen MR) is 145 cm³/mol. The number of amides is 2. The molecule has 0 aliphatic heterocycles. The lowest BCUT2D eigenvalue weighted by atomic mass is 10.2. The summed E-state index contributed by atoms with van der Waals surface area (Å²) >= 11 is 10.1. The third-order valence-electron chi connectivity index (χ3n) is 4.03. The number of methoxy groups -OCH3 is 4. The highest BCUT2D eigenvalue weighted by atomic mass is 79.9. The fourth-order valence-corrected chi connectivity index (χ4v) is 6.20. The minimum absolute atomic E-state index is 0.108. The molecule has 0 saturated heterocycles. The van der Waals surface area contributed by atoms with E-state index in [-0.39, 0.29) is 17.6 Å². The van der Waals surface area contributed by atoms with Gasteiger partial charge in [-0.3, -0.25) is 9.59 Å². The average Bonchev–Trinajstić information content (AvgIpc) is 2.80. The van der Waals surface area contributed by atoms with Crippen molar-refractivity contribution < 1.29 is 28.5 Å². The quantitative estimate of drug-likeness (QED) is 0.222. The number of carbonyl (C=O) groups excluding carboxylic acids is 2. The first-order valence-electron chi connectivity index (χ1n) is 9.10. The van der Waals surface area contributed by atoms with E-state index < -0.39 is 4.16 Å². The third-order valence-corrected chi connectivity index (χ3v) is 9.23. The molecular formula is C20H21Br3N2O6S2. The molecule has 2 aromatic rings. The van der Waals surface area contributed by atoms with Gasteiger partial charge in [0.15, 0.2) is 0 Å². The minimum Gasteiger partial charge on any atom is -0.495 e. The number of ether oxygens (including phenoxy) is 4. The number of alkyl halides is 1. The molecular weight excluding hydrogens is 668 g/mol. The lowest BCUT2D eigenvalue weighted by Crippen LogP contribution is -2.20. The van der Waals surface area contributed by atoms with Gasteiger partial charge in [-0.25, -0.2) is 0 Å². The molecule has 0 aliphatic carbocycles. The van der Waals surface area contributed by atoms with Crippen molar-refractivity contribution >= 4 is 92.6 Å². The number of anilines is 2. The molecule has 2 amide bonds. The summed E-state index contributed by atoms with van der Waals surface area (Å²) in [7, 11) is 8.52. The van der Waals surface area contributed by atoms with E-state index in [2.05, 4.69) is 58.4 Å². The van der Waals surface area contributed by atoms with Crippen LogP contribution in [0.25, 0.3) is 0 Å². The second kappa shape index (κ2) is 13.6. The summed E-state index contributed by atoms with van der Waals surface area (Å²) in [6, 6.07) is 6.74. The van der Waals surface area contributed by atoms with Crippen molar-refractivity contribution in [2.45, 2.75) is 4.16 Å². The van der Waals surface area contributed by atoms with Gasteiger partial charge in [0.2, 0.25) is 11.8 Å². The van der Waals surface area contributed by atoms with Crippen LogP contribution in [0.15, 0.2) is 33.2 Å². The van der Waals surface area contributed by atoms with Crippen LogP contribution in [-0.2, 0) is 9.59 Å².